The lowest BCUT2D eigenvalue weighted by molar-refractivity contribution is 0.0783. The van der Waals surface area contributed by atoms with Crippen LogP contribution in [-0.4, -0.2) is 37.0 Å². The molecule has 3 heterocycles. The van der Waals surface area contributed by atoms with Gasteiger partial charge >= 0.3 is 0 Å². The molecule has 108 valence electrons. The molecule has 0 saturated carbocycles. The van der Waals surface area contributed by atoms with Crippen molar-refractivity contribution in [1.29, 1.82) is 0 Å². The Morgan fingerprint density at radius 2 is 2.14 bits per heavy atom. The minimum absolute atomic E-state index is 0.0438. The number of pyridine rings is 1. The van der Waals surface area contributed by atoms with E-state index in [1.165, 1.54) is 0 Å². The van der Waals surface area contributed by atoms with E-state index in [9.17, 15) is 4.79 Å². The van der Waals surface area contributed by atoms with Crippen LogP contribution < -0.4 is 0 Å². The maximum atomic E-state index is 12.4. The van der Waals surface area contributed by atoms with Gasteiger partial charge in [0.25, 0.3) is 5.91 Å². The predicted octanol–water partition coefficient (Wildman–Crippen LogP) is 1.65. The van der Waals surface area contributed by atoms with Crippen LogP contribution in [0.25, 0.3) is 5.65 Å². The summed E-state index contributed by atoms with van der Waals surface area (Å²) in [5.74, 6) is -0.0438. The highest BCUT2D eigenvalue weighted by Crippen LogP contribution is 2.11. The molecule has 0 N–H and O–H groups in total. The molecule has 3 rings (SSSR count). The average Bonchev–Trinajstić information content (AvgIpc) is 3.00. The second kappa shape index (κ2) is 5.05. The number of hydrogen-bond donors (Lipinski definition) is 0. The molecule has 6 heteroatoms. The summed E-state index contributed by atoms with van der Waals surface area (Å²) in [7, 11) is 3.59. The molecule has 0 aliphatic heterocycles. The summed E-state index contributed by atoms with van der Waals surface area (Å²) < 4.78 is 3.60. The van der Waals surface area contributed by atoms with Crippen molar-refractivity contribution in [2.75, 3.05) is 7.05 Å². The Hall–Kier alpha value is -2.63. The van der Waals surface area contributed by atoms with E-state index in [0.29, 0.717) is 12.1 Å². The van der Waals surface area contributed by atoms with E-state index < -0.39 is 0 Å². The number of aryl methyl sites for hydroxylation is 2. The van der Waals surface area contributed by atoms with Gasteiger partial charge in [-0.25, -0.2) is 4.98 Å². The van der Waals surface area contributed by atoms with Crippen molar-refractivity contribution in [1.82, 2.24) is 24.1 Å². The molecule has 0 aliphatic rings. The topological polar surface area (TPSA) is 55.4 Å². The molecule has 0 fully saturated rings. The van der Waals surface area contributed by atoms with Crippen LogP contribution in [0.15, 0.2) is 36.8 Å². The van der Waals surface area contributed by atoms with Gasteiger partial charge in [-0.15, -0.1) is 0 Å². The molecule has 0 aromatic carbocycles. The van der Waals surface area contributed by atoms with Gasteiger partial charge in [-0.1, -0.05) is 6.07 Å². The number of nitrogens with zero attached hydrogens (tertiary/aromatic N) is 5. The maximum absolute atomic E-state index is 12.4. The lowest BCUT2D eigenvalue weighted by Crippen LogP contribution is -2.26. The smallest absolute Gasteiger partial charge is 0.257 e. The summed E-state index contributed by atoms with van der Waals surface area (Å²) >= 11 is 0. The highest BCUT2D eigenvalue weighted by Gasteiger charge is 2.17. The standard InChI is InChI=1S/C15H17N5O/c1-11-13(10-19(3)17-11)15(21)18(2)8-12-9-20-7-5-4-6-14(20)16-12/h4-7,9-10H,8H2,1-3H3. The van der Waals surface area contributed by atoms with Gasteiger partial charge in [-0.2, -0.15) is 5.10 Å². The number of hydrogen-bond acceptors (Lipinski definition) is 3. The molecule has 0 unspecified atom stereocenters. The van der Waals surface area contributed by atoms with Gasteiger partial charge in [0.1, 0.15) is 5.65 Å². The summed E-state index contributed by atoms with van der Waals surface area (Å²) in [6, 6.07) is 5.84. The first kappa shape index (κ1) is 13.4. The highest BCUT2D eigenvalue weighted by atomic mass is 16.2. The Bertz CT molecular complexity index is 768. The second-order valence-electron chi connectivity index (χ2n) is 5.16. The fourth-order valence-corrected chi connectivity index (χ4v) is 2.39. The summed E-state index contributed by atoms with van der Waals surface area (Å²) in [5.41, 5.74) is 3.11. The van der Waals surface area contributed by atoms with Crippen LogP contribution in [0.5, 0.6) is 0 Å². The van der Waals surface area contributed by atoms with Crippen molar-refractivity contribution in [2.45, 2.75) is 13.5 Å². The van der Waals surface area contributed by atoms with Gasteiger partial charge in [0, 0.05) is 32.7 Å². The van der Waals surface area contributed by atoms with E-state index in [-0.39, 0.29) is 5.91 Å². The summed E-state index contributed by atoms with van der Waals surface area (Å²) in [6.07, 6.45) is 5.63. The van der Waals surface area contributed by atoms with E-state index in [2.05, 4.69) is 10.1 Å². The van der Waals surface area contributed by atoms with Crippen LogP contribution in [0.3, 0.4) is 0 Å². The summed E-state index contributed by atoms with van der Waals surface area (Å²) in [4.78, 5) is 18.6. The molecule has 3 aromatic heterocycles. The van der Waals surface area contributed by atoms with Crippen LogP contribution in [-0.2, 0) is 13.6 Å². The summed E-state index contributed by atoms with van der Waals surface area (Å²) in [5, 5.41) is 4.21. The van der Waals surface area contributed by atoms with Gasteiger partial charge < -0.3 is 9.30 Å². The predicted molar refractivity (Wildman–Crippen MR) is 78.9 cm³/mol. The Morgan fingerprint density at radius 3 is 2.81 bits per heavy atom. The van der Waals surface area contributed by atoms with Crippen molar-refractivity contribution in [3.05, 3.63) is 53.7 Å². The third kappa shape index (κ3) is 2.52. The molecule has 3 aromatic rings. The van der Waals surface area contributed by atoms with Crippen molar-refractivity contribution >= 4 is 11.6 Å². The number of carbonyl (C=O) groups excluding carboxylic acids is 1. The molecule has 1 amide bonds. The number of carbonyl (C=O) groups is 1. The van der Waals surface area contributed by atoms with Crippen LogP contribution in [0, 0.1) is 6.92 Å². The molecule has 0 aliphatic carbocycles. The quantitative estimate of drug-likeness (QED) is 0.734. The largest absolute Gasteiger partial charge is 0.336 e. The first-order valence-electron chi connectivity index (χ1n) is 6.73. The first-order chi connectivity index (χ1) is 10.0. The zero-order valence-electron chi connectivity index (χ0n) is 12.3. The van der Waals surface area contributed by atoms with Crippen LogP contribution in [0.2, 0.25) is 0 Å². The van der Waals surface area contributed by atoms with Gasteiger partial charge in [-0.05, 0) is 19.1 Å². The normalized spacial score (nSPS) is 11.0. The Kier molecular flexibility index (Phi) is 3.21. The SMILES string of the molecule is Cc1nn(C)cc1C(=O)N(C)Cc1cn2ccccc2n1. The Morgan fingerprint density at radius 1 is 1.33 bits per heavy atom. The van der Waals surface area contributed by atoms with E-state index in [4.69, 9.17) is 0 Å². The highest BCUT2D eigenvalue weighted by molar-refractivity contribution is 5.94. The lowest BCUT2D eigenvalue weighted by Gasteiger charge is -2.15. The van der Waals surface area contributed by atoms with E-state index in [1.807, 2.05) is 49.0 Å². The van der Waals surface area contributed by atoms with Crippen LogP contribution >= 0.6 is 0 Å². The van der Waals surface area contributed by atoms with Crippen molar-refractivity contribution in [3.8, 4) is 0 Å². The minimum atomic E-state index is -0.0438. The molecule has 0 spiro atoms. The van der Waals surface area contributed by atoms with Crippen molar-refractivity contribution in [3.63, 3.8) is 0 Å². The third-order valence-electron chi connectivity index (χ3n) is 3.40. The number of fused-ring (bicyclic) bond motifs is 1. The second-order valence-corrected chi connectivity index (χ2v) is 5.16. The van der Waals surface area contributed by atoms with Gasteiger partial charge in [0.15, 0.2) is 0 Å². The fraction of sp³-hybridized carbons (Fsp3) is 0.267. The fourth-order valence-electron chi connectivity index (χ4n) is 2.39. The average molecular weight is 283 g/mol. The molecule has 0 bridgehead atoms. The molecule has 6 nitrogen and oxygen atoms in total. The van der Waals surface area contributed by atoms with Crippen molar-refractivity contribution in [2.24, 2.45) is 7.05 Å². The lowest BCUT2D eigenvalue weighted by atomic mass is 10.2. The maximum Gasteiger partial charge on any atom is 0.257 e. The number of rotatable bonds is 3. The Labute approximate surface area is 122 Å². The number of amides is 1. The van der Waals surface area contributed by atoms with E-state index in [0.717, 1.165) is 17.0 Å². The first-order valence-corrected chi connectivity index (χ1v) is 6.73. The Balaban J connectivity index is 1.80. The van der Waals surface area contributed by atoms with Gasteiger partial charge in [-0.3, -0.25) is 9.48 Å². The van der Waals surface area contributed by atoms with Crippen LogP contribution in [0.1, 0.15) is 21.7 Å². The zero-order chi connectivity index (χ0) is 15.0. The molecule has 0 radical (unpaired) electrons. The number of aromatic nitrogens is 4. The minimum Gasteiger partial charge on any atom is -0.336 e. The zero-order valence-corrected chi connectivity index (χ0v) is 12.3. The monoisotopic (exact) mass is 283 g/mol. The van der Waals surface area contributed by atoms with E-state index >= 15 is 0 Å². The third-order valence-corrected chi connectivity index (χ3v) is 3.40. The molecule has 21 heavy (non-hydrogen) atoms. The molecule has 0 atom stereocenters. The van der Waals surface area contributed by atoms with Crippen LogP contribution in [0.4, 0.5) is 0 Å². The van der Waals surface area contributed by atoms with Crippen molar-refractivity contribution < 1.29 is 4.79 Å². The van der Waals surface area contributed by atoms with E-state index in [1.54, 1.807) is 22.8 Å². The molecule has 0 saturated heterocycles. The van der Waals surface area contributed by atoms with Gasteiger partial charge in [0.2, 0.25) is 0 Å². The number of imidazole rings is 1. The molecular weight excluding hydrogens is 266 g/mol. The summed E-state index contributed by atoms with van der Waals surface area (Å²) in [6.45, 7) is 2.31. The molecular formula is C15H17N5O. The van der Waals surface area contributed by atoms with Gasteiger partial charge in [0.05, 0.1) is 23.5 Å².